The molecule has 0 heterocycles. The number of carbonyl (C=O) groups excluding carboxylic acids is 2. The standard InChI is InChI=1S/C26H42O4/c1-6-10-12-21(8-3)18-29-25(27)23-14-15-24(17-20(5)16-23)26(28)30-19-22(9-4)13-11-7-2/h14-17,21-23H,6-13,18-19H2,1-5H3. The molecule has 0 aromatic heterocycles. The predicted molar refractivity (Wildman–Crippen MR) is 123 cm³/mol. The summed E-state index contributed by atoms with van der Waals surface area (Å²) in [5.74, 6) is -0.231. The van der Waals surface area contributed by atoms with Crippen LogP contribution in [-0.2, 0) is 19.1 Å². The van der Waals surface area contributed by atoms with Crippen molar-refractivity contribution in [3.63, 3.8) is 0 Å². The molecule has 4 nitrogen and oxygen atoms in total. The molecule has 0 saturated carbocycles. The number of unbranched alkanes of at least 4 members (excludes halogenated alkanes) is 2. The molecule has 0 spiro atoms. The van der Waals surface area contributed by atoms with Crippen molar-refractivity contribution in [1.29, 1.82) is 0 Å². The third-order valence-corrected chi connectivity index (χ3v) is 5.81. The highest BCUT2D eigenvalue weighted by molar-refractivity contribution is 5.93. The molecular weight excluding hydrogens is 376 g/mol. The summed E-state index contributed by atoms with van der Waals surface area (Å²) in [6.45, 7) is 11.4. The Bertz CT molecular complexity index is 615. The average molecular weight is 419 g/mol. The first-order valence-corrected chi connectivity index (χ1v) is 11.9. The predicted octanol–water partition coefficient (Wildman–Crippen LogP) is 6.56. The van der Waals surface area contributed by atoms with Gasteiger partial charge in [0.1, 0.15) is 0 Å². The fourth-order valence-corrected chi connectivity index (χ4v) is 3.53. The van der Waals surface area contributed by atoms with E-state index in [1.54, 1.807) is 18.2 Å². The van der Waals surface area contributed by atoms with Crippen molar-refractivity contribution in [2.75, 3.05) is 13.2 Å². The highest BCUT2D eigenvalue weighted by atomic mass is 16.5. The number of allylic oxidation sites excluding steroid dienone is 2. The highest BCUT2D eigenvalue weighted by Crippen LogP contribution is 2.20. The fraction of sp³-hybridized carbons (Fsp3) is 0.692. The molecule has 0 amide bonds. The molecule has 4 heteroatoms. The maximum atomic E-state index is 12.6. The summed E-state index contributed by atoms with van der Waals surface area (Å²) < 4.78 is 11.1. The van der Waals surface area contributed by atoms with E-state index < -0.39 is 5.92 Å². The van der Waals surface area contributed by atoms with Gasteiger partial charge >= 0.3 is 11.9 Å². The Morgan fingerprint density at radius 1 is 0.933 bits per heavy atom. The lowest BCUT2D eigenvalue weighted by molar-refractivity contribution is -0.147. The van der Waals surface area contributed by atoms with Crippen molar-refractivity contribution in [3.05, 3.63) is 35.5 Å². The van der Waals surface area contributed by atoms with E-state index in [9.17, 15) is 9.59 Å². The Labute approximate surface area is 183 Å². The van der Waals surface area contributed by atoms with Gasteiger partial charge in [-0.15, -0.1) is 0 Å². The minimum absolute atomic E-state index is 0.255. The summed E-state index contributed by atoms with van der Waals surface area (Å²) in [7, 11) is 0. The Balaban J connectivity index is 2.62. The summed E-state index contributed by atoms with van der Waals surface area (Å²) >= 11 is 0. The normalized spacial score (nSPS) is 18.1. The number of ether oxygens (including phenoxy) is 2. The van der Waals surface area contributed by atoms with Gasteiger partial charge in [-0.05, 0) is 37.7 Å². The van der Waals surface area contributed by atoms with Crippen LogP contribution in [0, 0.1) is 17.8 Å². The van der Waals surface area contributed by atoms with Crippen molar-refractivity contribution in [2.24, 2.45) is 17.8 Å². The Morgan fingerprint density at radius 3 is 2.03 bits per heavy atom. The molecule has 3 unspecified atom stereocenters. The molecule has 1 aliphatic carbocycles. The number of hydrogen-bond donors (Lipinski definition) is 0. The molecule has 3 atom stereocenters. The topological polar surface area (TPSA) is 52.6 Å². The van der Waals surface area contributed by atoms with Crippen LogP contribution in [0.2, 0.25) is 0 Å². The van der Waals surface area contributed by atoms with E-state index in [1.807, 2.05) is 13.0 Å². The molecule has 0 aromatic rings. The van der Waals surface area contributed by atoms with E-state index in [2.05, 4.69) is 27.7 Å². The second kappa shape index (κ2) is 15.0. The van der Waals surface area contributed by atoms with E-state index in [-0.39, 0.29) is 11.9 Å². The lowest BCUT2D eigenvalue weighted by atomic mass is 10.0. The minimum Gasteiger partial charge on any atom is -0.465 e. The van der Waals surface area contributed by atoms with Gasteiger partial charge in [-0.25, -0.2) is 4.79 Å². The second-order valence-corrected chi connectivity index (χ2v) is 8.46. The Morgan fingerprint density at radius 2 is 1.50 bits per heavy atom. The average Bonchev–Trinajstić information content (AvgIpc) is 2.95. The fourth-order valence-electron chi connectivity index (χ4n) is 3.53. The van der Waals surface area contributed by atoms with E-state index in [0.29, 0.717) is 30.6 Å². The summed E-state index contributed by atoms with van der Waals surface area (Å²) in [5, 5.41) is 0. The zero-order valence-corrected chi connectivity index (χ0v) is 19.7. The third-order valence-electron chi connectivity index (χ3n) is 5.81. The van der Waals surface area contributed by atoms with Crippen molar-refractivity contribution < 1.29 is 19.1 Å². The van der Waals surface area contributed by atoms with Crippen LogP contribution in [0.4, 0.5) is 0 Å². The zero-order chi connectivity index (χ0) is 22.4. The highest BCUT2D eigenvalue weighted by Gasteiger charge is 2.20. The molecule has 0 aromatic carbocycles. The first-order valence-electron chi connectivity index (χ1n) is 11.9. The van der Waals surface area contributed by atoms with Crippen LogP contribution in [0.3, 0.4) is 0 Å². The van der Waals surface area contributed by atoms with Gasteiger partial charge in [0.15, 0.2) is 0 Å². The Kier molecular flexibility index (Phi) is 13.1. The van der Waals surface area contributed by atoms with Gasteiger partial charge in [0.2, 0.25) is 0 Å². The van der Waals surface area contributed by atoms with Gasteiger partial charge in [0.05, 0.1) is 24.7 Å². The van der Waals surface area contributed by atoms with Crippen molar-refractivity contribution in [2.45, 2.75) is 86.0 Å². The number of rotatable bonds is 14. The molecule has 1 aliphatic rings. The molecule has 0 N–H and O–H groups in total. The van der Waals surface area contributed by atoms with Crippen LogP contribution < -0.4 is 0 Å². The Hall–Kier alpha value is -1.84. The third kappa shape index (κ3) is 9.77. The second-order valence-electron chi connectivity index (χ2n) is 8.46. The molecular formula is C26H42O4. The summed E-state index contributed by atoms with van der Waals surface area (Å²) in [4.78, 5) is 25.1. The van der Waals surface area contributed by atoms with Crippen LogP contribution >= 0.6 is 0 Å². The lowest BCUT2D eigenvalue weighted by Gasteiger charge is -2.16. The van der Waals surface area contributed by atoms with E-state index in [0.717, 1.165) is 56.9 Å². The van der Waals surface area contributed by atoms with Crippen LogP contribution in [0.5, 0.6) is 0 Å². The maximum Gasteiger partial charge on any atom is 0.338 e. The lowest BCUT2D eigenvalue weighted by Crippen LogP contribution is -2.19. The molecule has 0 bridgehead atoms. The van der Waals surface area contributed by atoms with Gasteiger partial charge in [-0.3, -0.25) is 4.79 Å². The number of carbonyl (C=O) groups is 2. The smallest absolute Gasteiger partial charge is 0.338 e. The van der Waals surface area contributed by atoms with Crippen molar-refractivity contribution in [1.82, 2.24) is 0 Å². The summed E-state index contributed by atoms with van der Waals surface area (Å²) in [6.07, 6.45) is 15.9. The van der Waals surface area contributed by atoms with Gasteiger partial charge in [-0.1, -0.05) is 90.0 Å². The van der Waals surface area contributed by atoms with E-state index in [1.165, 1.54) is 0 Å². The van der Waals surface area contributed by atoms with Crippen LogP contribution in [0.25, 0.3) is 0 Å². The molecule has 0 aliphatic heterocycles. The van der Waals surface area contributed by atoms with Crippen molar-refractivity contribution in [3.8, 4) is 0 Å². The zero-order valence-electron chi connectivity index (χ0n) is 19.7. The molecule has 1 rings (SSSR count). The van der Waals surface area contributed by atoms with E-state index in [4.69, 9.17) is 9.47 Å². The van der Waals surface area contributed by atoms with Gasteiger partial charge in [0.25, 0.3) is 0 Å². The van der Waals surface area contributed by atoms with Crippen LogP contribution in [0.1, 0.15) is 86.0 Å². The number of hydrogen-bond acceptors (Lipinski definition) is 4. The monoisotopic (exact) mass is 418 g/mol. The van der Waals surface area contributed by atoms with Gasteiger partial charge < -0.3 is 9.47 Å². The summed E-state index contributed by atoms with van der Waals surface area (Å²) in [6, 6.07) is 0. The largest absolute Gasteiger partial charge is 0.465 e. The van der Waals surface area contributed by atoms with Crippen LogP contribution in [-0.4, -0.2) is 25.2 Å². The van der Waals surface area contributed by atoms with Crippen molar-refractivity contribution >= 4 is 11.9 Å². The minimum atomic E-state index is -0.469. The molecule has 30 heavy (non-hydrogen) atoms. The quantitative estimate of drug-likeness (QED) is 0.300. The first kappa shape index (κ1) is 26.2. The molecule has 170 valence electrons. The van der Waals surface area contributed by atoms with Gasteiger partial charge in [-0.2, -0.15) is 0 Å². The molecule has 0 saturated heterocycles. The number of esters is 2. The first-order chi connectivity index (χ1) is 14.4. The van der Waals surface area contributed by atoms with Crippen LogP contribution in [0.15, 0.2) is 35.5 Å². The molecule has 0 radical (unpaired) electrons. The SMILES string of the molecule is CCCCC(CC)COC(=O)C1=CC(C)=CC(C(=O)OCC(CC)CCCC)C=C1. The van der Waals surface area contributed by atoms with Gasteiger partial charge in [0, 0.05) is 0 Å². The maximum absolute atomic E-state index is 12.6. The van der Waals surface area contributed by atoms with E-state index >= 15 is 0 Å². The summed E-state index contributed by atoms with van der Waals surface area (Å²) in [5.41, 5.74) is 1.35. The molecule has 0 fully saturated rings.